The minimum Gasteiger partial charge on any atom is -0.497 e. The number of aromatic amines is 1. The molecule has 5 heteroatoms. The minimum absolute atomic E-state index is 0.00893. The number of hydrogen-bond acceptors (Lipinski definition) is 4. The van der Waals surface area contributed by atoms with E-state index in [0.29, 0.717) is 29.7 Å². The Morgan fingerprint density at radius 2 is 1.90 bits per heavy atom. The van der Waals surface area contributed by atoms with Gasteiger partial charge < -0.3 is 14.1 Å². The highest BCUT2D eigenvalue weighted by Crippen LogP contribution is 2.23. The lowest BCUT2D eigenvalue weighted by molar-refractivity contribution is 0.0913. The van der Waals surface area contributed by atoms with Crippen molar-refractivity contribution in [2.45, 2.75) is 19.8 Å². The molecule has 0 aliphatic heterocycles. The van der Waals surface area contributed by atoms with E-state index < -0.39 is 5.92 Å². The molecule has 0 saturated carbocycles. The molecule has 4 aromatic rings. The smallest absolute Gasteiger partial charge is 0.251 e. The summed E-state index contributed by atoms with van der Waals surface area (Å²) in [6.07, 6.45) is 2.34. The fourth-order valence-electron chi connectivity index (χ4n) is 3.77. The van der Waals surface area contributed by atoms with Gasteiger partial charge in [-0.25, -0.2) is 0 Å². The highest BCUT2D eigenvalue weighted by molar-refractivity contribution is 5.99. The summed E-state index contributed by atoms with van der Waals surface area (Å²) in [5.41, 5.74) is 2.71. The van der Waals surface area contributed by atoms with E-state index in [0.717, 1.165) is 22.2 Å². The molecule has 5 nitrogen and oxygen atoms in total. The van der Waals surface area contributed by atoms with Crippen molar-refractivity contribution in [3.8, 4) is 5.75 Å². The number of furan rings is 1. The van der Waals surface area contributed by atoms with Crippen LogP contribution in [0.4, 0.5) is 0 Å². The highest BCUT2D eigenvalue weighted by atomic mass is 16.5. The Morgan fingerprint density at radius 3 is 2.63 bits per heavy atom. The van der Waals surface area contributed by atoms with Gasteiger partial charge in [-0.05, 0) is 55.3 Å². The molecule has 0 radical (unpaired) electrons. The molecule has 0 amide bonds. The third kappa shape index (κ3) is 4.06. The number of nitrogens with one attached hydrogen (secondary N) is 1. The van der Waals surface area contributed by atoms with Gasteiger partial charge in [0.15, 0.2) is 5.78 Å². The van der Waals surface area contributed by atoms with E-state index in [9.17, 15) is 9.59 Å². The molecule has 0 fully saturated rings. The standard InChI is InChI=1S/C25H23NO4/c1-16-6-3-4-8-22(16)24(27)18(15-21-7-5-11-30-21)13-19-12-17-14-20(29-2)9-10-23(17)26-25(19)28/h3-12,14,18H,13,15H2,1-2H3,(H,26,28). The van der Waals surface area contributed by atoms with Gasteiger partial charge in [-0.15, -0.1) is 0 Å². The monoisotopic (exact) mass is 401 g/mol. The fourth-order valence-corrected chi connectivity index (χ4v) is 3.77. The molecule has 2 aromatic heterocycles. The van der Waals surface area contributed by atoms with Crippen LogP contribution in [0.5, 0.6) is 5.75 Å². The number of carbonyl (C=O) groups excluding carboxylic acids is 1. The third-order valence-corrected chi connectivity index (χ3v) is 5.40. The number of ketones is 1. The summed E-state index contributed by atoms with van der Waals surface area (Å²) in [7, 11) is 1.61. The highest BCUT2D eigenvalue weighted by Gasteiger charge is 2.24. The Morgan fingerprint density at radius 1 is 1.07 bits per heavy atom. The van der Waals surface area contributed by atoms with Gasteiger partial charge in [0, 0.05) is 34.4 Å². The van der Waals surface area contributed by atoms with E-state index in [-0.39, 0.29) is 11.3 Å². The van der Waals surface area contributed by atoms with Gasteiger partial charge in [-0.2, -0.15) is 0 Å². The number of fused-ring (bicyclic) bond motifs is 1. The van der Waals surface area contributed by atoms with Gasteiger partial charge in [0.2, 0.25) is 0 Å². The van der Waals surface area contributed by atoms with Crippen molar-refractivity contribution in [3.05, 3.63) is 99.7 Å². The molecule has 1 atom stereocenters. The van der Waals surface area contributed by atoms with Gasteiger partial charge in [0.05, 0.1) is 13.4 Å². The molecule has 152 valence electrons. The number of benzene rings is 2. The summed E-state index contributed by atoms with van der Waals surface area (Å²) in [6.45, 7) is 1.92. The van der Waals surface area contributed by atoms with Crippen LogP contribution in [0.3, 0.4) is 0 Å². The molecule has 0 aliphatic carbocycles. The van der Waals surface area contributed by atoms with Crippen molar-refractivity contribution in [3.63, 3.8) is 0 Å². The number of ether oxygens (including phenoxy) is 1. The summed E-state index contributed by atoms with van der Waals surface area (Å²) in [5, 5.41) is 0.865. The minimum atomic E-state index is -0.415. The Hall–Kier alpha value is -3.60. The Balaban J connectivity index is 1.72. The number of pyridine rings is 1. The maximum atomic E-state index is 13.4. The quantitative estimate of drug-likeness (QED) is 0.455. The average Bonchev–Trinajstić information content (AvgIpc) is 3.26. The zero-order chi connectivity index (χ0) is 21.1. The average molecular weight is 401 g/mol. The van der Waals surface area contributed by atoms with E-state index in [1.165, 1.54) is 0 Å². The van der Waals surface area contributed by atoms with Gasteiger partial charge >= 0.3 is 0 Å². The Labute approximate surface area is 174 Å². The second-order valence-corrected chi connectivity index (χ2v) is 7.44. The predicted molar refractivity (Wildman–Crippen MR) is 116 cm³/mol. The molecule has 2 aromatic carbocycles. The van der Waals surface area contributed by atoms with Crippen molar-refractivity contribution < 1.29 is 13.9 Å². The van der Waals surface area contributed by atoms with Gasteiger partial charge in [-0.1, -0.05) is 24.3 Å². The largest absolute Gasteiger partial charge is 0.497 e. The molecule has 0 bridgehead atoms. The van der Waals surface area contributed by atoms with E-state index in [1.807, 2.05) is 55.5 Å². The Bertz CT molecular complexity index is 1240. The molecule has 30 heavy (non-hydrogen) atoms. The first-order valence-corrected chi connectivity index (χ1v) is 9.87. The fraction of sp³-hybridized carbons (Fsp3) is 0.200. The number of aromatic nitrogens is 1. The van der Waals surface area contributed by atoms with E-state index >= 15 is 0 Å². The second kappa shape index (κ2) is 8.41. The summed E-state index contributed by atoms with van der Waals surface area (Å²) in [6, 6.07) is 18.5. The molecular formula is C25H23NO4. The topological polar surface area (TPSA) is 72.3 Å². The zero-order valence-corrected chi connectivity index (χ0v) is 17.0. The van der Waals surface area contributed by atoms with Crippen LogP contribution in [0.1, 0.15) is 27.2 Å². The second-order valence-electron chi connectivity index (χ2n) is 7.44. The lowest BCUT2D eigenvalue weighted by Gasteiger charge is -2.16. The number of H-pyrrole nitrogens is 1. The SMILES string of the molecule is COc1ccc2[nH]c(=O)c(CC(Cc3ccco3)C(=O)c3ccccc3C)cc2c1. The third-order valence-electron chi connectivity index (χ3n) is 5.40. The number of rotatable bonds is 7. The molecule has 0 aliphatic rings. The maximum absolute atomic E-state index is 13.4. The number of Topliss-reactive ketones (excluding diaryl/α,β-unsaturated/α-hetero) is 1. The molecule has 2 heterocycles. The van der Waals surface area contributed by atoms with Crippen molar-refractivity contribution >= 4 is 16.7 Å². The zero-order valence-electron chi connectivity index (χ0n) is 17.0. The number of hydrogen-bond donors (Lipinski definition) is 1. The molecule has 1 unspecified atom stereocenters. The van der Waals surface area contributed by atoms with Gasteiger partial charge in [0.25, 0.3) is 5.56 Å². The lowest BCUT2D eigenvalue weighted by Crippen LogP contribution is -2.24. The molecule has 1 N–H and O–H groups in total. The number of methoxy groups -OCH3 is 1. The van der Waals surface area contributed by atoms with E-state index in [2.05, 4.69) is 4.98 Å². The van der Waals surface area contributed by atoms with Crippen LogP contribution in [-0.2, 0) is 12.8 Å². The summed E-state index contributed by atoms with van der Waals surface area (Å²) >= 11 is 0. The summed E-state index contributed by atoms with van der Waals surface area (Å²) in [5.74, 6) is 1.03. The number of aryl methyl sites for hydroxylation is 1. The van der Waals surface area contributed by atoms with Crippen molar-refractivity contribution in [2.75, 3.05) is 7.11 Å². The van der Waals surface area contributed by atoms with Crippen LogP contribution in [0.2, 0.25) is 0 Å². The first-order chi connectivity index (χ1) is 14.5. The maximum Gasteiger partial charge on any atom is 0.251 e. The lowest BCUT2D eigenvalue weighted by atomic mass is 9.86. The molecular weight excluding hydrogens is 378 g/mol. The van der Waals surface area contributed by atoms with Gasteiger partial charge in [-0.3, -0.25) is 9.59 Å². The first-order valence-electron chi connectivity index (χ1n) is 9.87. The van der Waals surface area contributed by atoms with Crippen molar-refractivity contribution in [1.29, 1.82) is 0 Å². The molecule has 4 rings (SSSR count). The van der Waals surface area contributed by atoms with Crippen LogP contribution >= 0.6 is 0 Å². The number of carbonyl (C=O) groups is 1. The van der Waals surface area contributed by atoms with E-state index in [4.69, 9.17) is 9.15 Å². The van der Waals surface area contributed by atoms with Gasteiger partial charge in [0.1, 0.15) is 11.5 Å². The van der Waals surface area contributed by atoms with Crippen LogP contribution in [0, 0.1) is 12.8 Å². The summed E-state index contributed by atoms with van der Waals surface area (Å²) < 4.78 is 10.8. The van der Waals surface area contributed by atoms with Crippen LogP contribution in [0.15, 0.2) is 76.1 Å². The van der Waals surface area contributed by atoms with E-state index in [1.54, 1.807) is 25.5 Å². The van der Waals surface area contributed by atoms with Crippen molar-refractivity contribution in [1.82, 2.24) is 4.98 Å². The Kier molecular flexibility index (Phi) is 5.53. The van der Waals surface area contributed by atoms with Crippen molar-refractivity contribution in [2.24, 2.45) is 5.92 Å². The summed E-state index contributed by atoms with van der Waals surface area (Å²) in [4.78, 5) is 29.0. The predicted octanol–water partition coefficient (Wildman–Crippen LogP) is 4.72. The first kappa shape index (κ1) is 19.7. The van der Waals surface area contributed by atoms with Crippen LogP contribution < -0.4 is 10.3 Å². The normalized spacial score (nSPS) is 12.1. The van der Waals surface area contributed by atoms with Crippen LogP contribution in [-0.4, -0.2) is 17.9 Å². The van der Waals surface area contributed by atoms with Crippen LogP contribution in [0.25, 0.3) is 10.9 Å². The molecule has 0 spiro atoms. The molecule has 0 saturated heterocycles.